The zero-order chi connectivity index (χ0) is 13.8. The molecule has 1 rings (SSSR count). The van der Waals surface area contributed by atoms with Crippen LogP contribution in [-0.2, 0) is 11.3 Å². The molecule has 1 aromatic carbocycles. The molecule has 0 saturated carbocycles. The van der Waals surface area contributed by atoms with Gasteiger partial charge in [-0.3, -0.25) is 4.79 Å². The first-order chi connectivity index (χ1) is 8.35. The number of hydrogen-bond acceptors (Lipinski definition) is 3. The summed E-state index contributed by atoms with van der Waals surface area (Å²) >= 11 is 1.72. The van der Waals surface area contributed by atoms with Crippen LogP contribution in [0.1, 0.15) is 19.4 Å². The van der Waals surface area contributed by atoms with E-state index < -0.39 is 11.4 Å². The number of hydrogen-bond donors (Lipinski definition) is 1. The van der Waals surface area contributed by atoms with Gasteiger partial charge in [-0.1, -0.05) is 12.1 Å². The molecule has 0 unspecified atom stereocenters. The smallest absolute Gasteiger partial charge is 0.310 e. The summed E-state index contributed by atoms with van der Waals surface area (Å²) in [6.07, 6.45) is 2.05. The van der Waals surface area contributed by atoms with Crippen LogP contribution in [0.25, 0.3) is 0 Å². The number of carboxylic acids is 1. The maximum absolute atomic E-state index is 11.1. The Morgan fingerprint density at radius 3 is 2.33 bits per heavy atom. The highest BCUT2D eigenvalue weighted by Gasteiger charge is 2.28. The minimum Gasteiger partial charge on any atom is -0.481 e. The molecule has 4 heteroatoms. The third-order valence-electron chi connectivity index (χ3n) is 2.86. The van der Waals surface area contributed by atoms with Crippen LogP contribution >= 0.6 is 11.8 Å². The van der Waals surface area contributed by atoms with Crippen molar-refractivity contribution in [2.75, 3.05) is 19.8 Å². The summed E-state index contributed by atoms with van der Waals surface area (Å²) in [5.41, 5.74) is 0.491. The summed E-state index contributed by atoms with van der Waals surface area (Å²) < 4.78 is 0. The standard InChI is InChI=1S/C14H21NO2S/c1-14(2,13(16)17)10-15(3)9-11-5-7-12(18-4)8-6-11/h5-8H,9-10H2,1-4H3,(H,16,17). The molecular formula is C14H21NO2S. The average molecular weight is 267 g/mol. The zero-order valence-corrected chi connectivity index (χ0v) is 12.3. The molecule has 0 aromatic heterocycles. The molecule has 18 heavy (non-hydrogen) atoms. The van der Waals surface area contributed by atoms with Crippen LogP contribution in [0, 0.1) is 5.41 Å². The lowest BCUT2D eigenvalue weighted by Crippen LogP contribution is -2.36. The first kappa shape index (κ1) is 15.1. The molecule has 0 spiro atoms. The zero-order valence-electron chi connectivity index (χ0n) is 11.4. The van der Waals surface area contributed by atoms with Crippen LogP contribution in [-0.4, -0.2) is 35.8 Å². The van der Waals surface area contributed by atoms with Gasteiger partial charge in [0.25, 0.3) is 0 Å². The van der Waals surface area contributed by atoms with Crippen molar-refractivity contribution in [1.82, 2.24) is 4.90 Å². The molecule has 0 saturated heterocycles. The highest BCUT2D eigenvalue weighted by Crippen LogP contribution is 2.19. The highest BCUT2D eigenvalue weighted by molar-refractivity contribution is 7.98. The topological polar surface area (TPSA) is 40.5 Å². The van der Waals surface area contributed by atoms with E-state index in [1.807, 2.05) is 11.9 Å². The fourth-order valence-corrected chi connectivity index (χ4v) is 2.25. The molecule has 0 aliphatic heterocycles. The van der Waals surface area contributed by atoms with E-state index in [-0.39, 0.29) is 0 Å². The predicted molar refractivity (Wildman–Crippen MR) is 76.0 cm³/mol. The summed E-state index contributed by atoms with van der Waals surface area (Å²) in [4.78, 5) is 14.3. The molecule has 0 radical (unpaired) electrons. The average Bonchev–Trinajstić information content (AvgIpc) is 2.29. The van der Waals surface area contributed by atoms with Gasteiger partial charge in [-0.25, -0.2) is 0 Å². The van der Waals surface area contributed by atoms with Crippen molar-refractivity contribution in [2.45, 2.75) is 25.3 Å². The lowest BCUT2D eigenvalue weighted by atomic mass is 9.93. The Kier molecular flexibility index (Phi) is 5.23. The summed E-state index contributed by atoms with van der Waals surface area (Å²) in [6, 6.07) is 8.37. The monoisotopic (exact) mass is 267 g/mol. The lowest BCUT2D eigenvalue weighted by Gasteiger charge is -2.26. The van der Waals surface area contributed by atoms with Crippen LogP contribution in [0.15, 0.2) is 29.2 Å². The van der Waals surface area contributed by atoms with Gasteiger partial charge in [0.15, 0.2) is 0 Å². The Morgan fingerprint density at radius 1 is 1.33 bits per heavy atom. The number of aliphatic carboxylic acids is 1. The van der Waals surface area contributed by atoms with Crippen LogP contribution in [0.2, 0.25) is 0 Å². The molecule has 0 bridgehead atoms. The predicted octanol–water partition coefficient (Wildman–Crippen LogP) is 2.95. The molecule has 0 atom stereocenters. The second-order valence-corrected chi connectivity index (χ2v) is 6.09. The van der Waals surface area contributed by atoms with Gasteiger partial charge in [-0.05, 0) is 44.8 Å². The first-order valence-electron chi connectivity index (χ1n) is 5.90. The van der Waals surface area contributed by atoms with Gasteiger partial charge in [-0.2, -0.15) is 0 Å². The molecule has 0 aliphatic carbocycles. The Labute approximate surface area is 113 Å². The lowest BCUT2D eigenvalue weighted by molar-refractivity contribution is -0.147. The number of rotatable bonds is 6. The number of thioether (sulfide) groups is 1. The molecule has 0 amide bonds. The molecule has 0 heterocycles. The van der Waals surface area contributed by atoms with Crippen molar-refractivity contribution in [2.24, 2.45) is 5.41 Å². The minimum absolute atomic E-state index is 0.534. The maximum atomic E-state index is 11.1. The second-order valence-electron chi connectivity index (χ2n) is 5.21. The minimum atomic E-state index is -0.757. The number of nitrogens with zero attached hydrogens (tertiary/aromatic N) is 1. The molecular weight excluding hydrogens is 246 g/mol. The quantitative estimate of drug-likeness (QED) is 0.805. The summed E-state index contributed by atoms with van der Waals surface area (Å²) in [5, 5.41) is 9.10. The van der Waals surface area contributed by atoms with Gasteiger partial charge in [-0.15, -0.1) is 11.8 Å². The van der Waals surface area contributed by atoms with Crippen molar-refractivity contribution >= 4 is 17.7 Å². The summed E-state index contributed by atoms with van der Waals surface area (Å²) in [6.45, 7) is 4.81. The summed E-state index contributed by atoms with van der Waals surface area (Å²) in [7, 11) is 1.95. The Balaban J connectivity index is 2.58. The maximum Gasteiger partial charge on any atom is 0.310 e. The molecule has 0 aliphatic rings. The van der Waals surface area contributed by atoms with Crippen molar-refractivity contribution in [1.29, 1.82) is 0 Å². The van der Waals surface area contributed by atoms with E-state index in [9.17, 15) is 4.79 Å². The van der Waals surface area contributed by atoms with E-state index in [0.29, 0.717) is 6.54 Å². The van der Waals surface area contributed by atoms with Crippen molar-refractivity contribution in [3.05, 3.63) is 29.8 Å². The van der Waals surface area contributed by atoms with E-state index in [2.05, 4.69) is 30.5 Å². The Morgan fingerprint density at radius 2 is 1.89 bits per heavy atom. The summed E-state index contributed by atoms with van der Waals surface area (Å²) in [5.74, 6) is -0.757. The highest BCUT2D eigenvalue weighted by atomic mass is 32.2. The first-order valence-corrected chi connectivity index (χ1v) is 7.12. The van der Waals surface area contributed by atoms with Gasteiger partial charge in [0, 0.05) is 18.0 Å². The van der Waals surface area contributed by atoms with Crippen LogP contribution in [0.5, 0.6) is 0 Å². The van der Waals surface area contributed by atoms with Crippen molar-refractivity contribution in [3.63, 3.8) is 0 Å². The van der Waals surface area contributed by atoms with Crippen molar-refractivity contribution < 1.29 is 9.90 Å². The van der Waals surface area contributed by atoms with Gasteiger partial charge in [0.1, 0.15) is 0 Å². The third kappa shape index (κ3) is 4.35. The Bertz CT molecular complexity index is 401. The van der Waals surface area contributed by atoms with Gasteiger partial charge < -0.3 is 10.0 Å². The number of benzene rings is 1. The van der Waals surface area contributed by atoms with Crippen molar-refractivity contribution in [3.8, 4) is 0 Å². The van der Waals surface area contributed by atoms with E-state index >= 15 is 0 Å². The van der Waals surface area contributed by atoms with E-state index in [1.54, 1.807) is 25.6 Å². The van der Waals surface area contributed by atoms with Gasteiger partial charge in [0.2, 0.25) is 0 Å². The van der Waals surface area contributed by atoms with E-state index in [1.165, 1.54) is 10.5 Å². The normalized spacial score (nSPS) is 11.8. The van der Waals surface area contributed by atoms with Gasteiger partial charge >= 0.3 is 5.97 Å². The largest absolute Gasteiger partial charge is 0.481 e. The molecule has 1 N–H and O–H groups in total. The van der Waals surface area contributed by atoms with Crippen LogP contribution < -0.4 is 0 Å². The SMILES string of the molecule is CSc1ccc(CN(C)CC(C)(C)C(=O)O)cc1. The molecule has 3 nitrogen and oxygen atoms in total. The molecule has 0 fully saturated rings. The second kappa shape index (κ2) is 6.25. The van der Waals surface area contributed by atoms with Gasteiger partial charge in [0.05, 0.1) is 5.41 Å². The van der Waals surface area contributed by atoms with Crippen LogP contribution in [0.3, 0.4) is 0 Å². The Hall–Kier alpha value is -1.00. The fourth-order valence-electron chi connectivity index (χ4n) is 1.84. The molecule has 1 aromatic rings. The fraction of sp³-hybridized carbons (Fsp3) is 0.500. The van der Waals surface area contributed by atoms with Crippen LogP contribution in [0.4, 0.5) is 0 Å². The van der Waals surface area contributed by atoms with E-state index in [0.717, 1.165) is 6.54 Å². The third-order valence-corrected chi connectivity index (χ3v) is 3.60. The number of carbonyl (C=O) groups is 1. The van der Waals surface area contributed by atoms with E-state index in [4.69, 9.17) is 5.11 Å². The number of carboxylic acid groups (broad SMARTS) is 1. The molecule has 100 valence electrons.